The van der Waals surface area contributed by atoms with E-state index in [-0.39, 0.29) is 6.61 Å². The molecule has 0 fully saturated rings. The maximum Gasteiger partial charge on any atom is 0.416 e. The van der Waals surface area contributed by atoms with Crippen LogP contribution in [0.15, 0.2) is 76.5 Å². The maximum absolute atomic E-state index is 13.1. The van der Waals surface area contributed by atoms with E-state index in [1.54, 1.807) is 12.1 Å². The Kier molecular flexibility index (Phi) is 6.02. The van der Waals surface area contributed by atoms with E-state index < -0.39 is 11.7 Å². The van der Waals surface area contributed by atoms with Crippen LogP contribution in [0.2, 0.25) is 5.02 Å². The minimum atomic E-state index is -4.43. The van der Waals surface area contributed by atoms with Gasteiger partial charge >= 0.3 is 6.18 Å². The molecule has 6 heteroatoms. The lowest BCUT2D eigenvalue weighted by atomic mass is 10.2. The van der Waals surface area contributed by atoms with E-state index in [1.807, 2.05) is 43.3 Å². The van der Waals surface area contributed by atoms with E-state index in [2.05, 4.69) is 0 Å². The molecular weight excluding hydrogens is 393 g/mol. The van der Waals surface area contributed by atoms with E-state index in [0.29, 0.717) is 20.6 Å². The molecule has 0 heterocycles. The summed E-state index contributed by atoms with van der Waals surface area (Å²) in [6.07, 6.45) is -4.43. The van der Waals surface area contributed by atoms with Gasteiger partial charge in [-0.2, -0.15) is 13.2 Å². The second-order valence-corrected chi connectivity index (χ2v) is 7.46. The van der Waals surface area contributed by atoms with Crippen molar-refractivity contribution in [2.75, 3.05) is 0 Å². The van der Waals surface area contributed by atoms with Crippen LogP contribution in [-0.2, 0) is 12.8 Å². The first kappa shape index (κ1) is 19.6. The zero-order valence-electron chi connectivity index (χ0n) is 14.4. The summed E-state index contributed by atoms with van der Waals surface area (Å²) < 4.78 is 45.2. The lowest BCUT2D eigenvalue weighted by molar-refractivity contribution is -0.137. The molecule has 0 spiro atoms. The number of alkyl halides is 3. The third-order valence-electron chi connectivity index (χ3n) is 3.82. The third-order valence-corrected chi connectivity index (χ3v) is 5.36. The quantitative estimate of drug-likeness (QED) is 0.435. The summed E-state index contributed by atoms with van der Waals surface area (Å²) in [5, 5.41) is 0.492. The molecule has 0 radical (unpaired) electrons. The third kappa shape index (κ3) is 5.21. The van der Waals surface area contributed by atoms with Crippen LogP contribution in [0.3, 0.4) is 0 Å². The van der Waals surface area contributed by atoms with Crippen LogP contribution in [0.1, 0.15) is 16.7 Å². The van der Waals surface area contributed by atoms with Gasteiger partial charge in [0.2, 0.25) is 0 Å². The van der Waals surface area contributed by atoms with Crippen LogP contribution >= 0.6 is 23.4 Å². The van der Waals surface area contributed by atoms with Crippen LogP contribution in [0.4, 0.5) is 13.2 Å². The first-order valence-electron chi connectivity index (χ1n) is 8.15. The fraction of sp³-hybridized carbons (Fsp3) is 0.143. The normalized spacial score (nSPS) is 11.4. The molecule has 0 aliphatic heterocycles. The topological polar surface area (TPSA) is 9.23 Å². The minimum absolute atomic E-state index is 0.265. The molecule has 0 saturated carbocycles. The standard InChI is InChI=1S/C21H16ClF3OS/c1-14-7-10-19(17(22)11-14)27-20-12-16(21(23,24)25)8-9-18(20)26-13-15-5-3-2-4-6-15/h2-12H,13H2,1H3. The summed E-state index contributed by atoms with van der Waals surface area (Å²) >= 11 is 7.41. The Bertz CT molecular complexity index is 926. The van der Waals surface area contributed by atoms with Crippen molar-refractivity contribution in [3.05, 3.63) is 88.4 Å². The number of rotatable bonds is 5. The number of aryl methyl sites for hydroxylation is 1. The average molecular weight is 409 g/mol. The Morgan fingerprint density at radius 2 is 1.67 bits per heavy atom. The van der Waals surface area contributed by atoms with Gasteiger partial charge in [0, 0.05) is 4.90 Å². The van der Waals surface area contributed by atoms with Crippen molar-refractivity contribution in [3.63, 3.8) is 0 Å². The molecule has 27 heavy (non-hydrogen) atoms. The number of hydrogen-bond acceptors (Lipinski definition) is 2. The number of benzene rings is 3. The Hall–Kier alpha value is -2.11. The Morgan fingerprint density at radius 3 is 2.33 bits per heavy atom. The van der Waals surface area contributed by atoms with Gasteiger partial charge in [-0.05, 0) is 48.4 Å². The molecule has 0 unspecified atom stereocenters. The lowest BCUT2D eigenvalue weighted by Crippen LogP contribution is -2.05. The molecule has 3 aromatic carbocycles. The van der Waals surface area contributed by atoms with Crippen molar-refractivity contribution in [3.8, 4) is 5.75 Å². The Morgan fingerprint density at radius 1 is 0.926 bits per heavy atom. The van der Waals surface area contributed by atoms with Crippen LogP contribution < -0.4 is 4.74 Å². The highest BCUT2D eigenvalue weighted by Gasteiger charge is 2.31. The molecule has 0 aliphatic carbocycles. The molecule has 140 valence electrons. The Balaban J connectivity index is 1.92. The molecule has 0 N–H and O–H groups in total. The molecule has 3 rings (SSSR count). The summed E-state index contributed by atoms with van der Waals surface area (Å²) in [5.41, 5.74) is 1.19. The van der Waals surface area contributed by atoms with Crippen molar-refractivity contribution < 1.29 is 17.9 Å². The highest BCUT2D eigenvalue weighted by molar-refractivity contribution is 7.99. The molecule has 1 nitrogen and oxygen atoms in total. The van der Waals surface area contributed by atoms with Crippen LogP contribution in [0.25, 0.3) is 0 Å². The summed E-state index contributed by atoms with van der Waals surface area (Å²) in [6, 6.07) is 18.4. The van der Waals surface area contributed by atoms with E-state index >= 15 is 0 Å². The second-order valence-electron chi connectivity index (χ2n) is 5.97. The molecule has 0 atom stereocenters. The molecule has 0 aliphatic rings. The van der Waals surface area contributed by atoms with E-state index in [4.69, 9.17) is 16.3 Å². The number of hydrogen-bond donors (Lipinski definition) is 0. The van der Waals surface area contributed by atoms with Gasteiger partial charge in [-0.15, -0.1) is 0 Å². The van der Waals surface area contributed by atoms with Gasteiger partial charge < -0.3 is 4.74 Å². The van der Waals surface area contributed by atoms with Gasteiger partial charge in [0.25, 0.3) is 0 Å². The highest BCUT2D eigenvalue weighted by atomic mass is 35.5. The van der Waals surface area contributed by atoms with Crippen LogP contribution in [0.5, 0.6) is 5.75 Å². The van der Waals surface area contributed by atoms with Crippen molar-refractivity contribution in [2.24, 2.45) is 0 Å². The molecule has 0 bridgehead atoms. The van der Waals surface area contributed by atoms with E-state index in [0.717, 1.165) is 35.0 Å². The van der Waals surface area contributed by atoms with Crippen LogP contribution in [-0.4, -0.2) is 0 Å². The SMILES string of the molecule is Cc1ccc(Sc2cc(C(F)(F)F)ccc2OCc2ccccc2)c(Cl)c1. The zero-order chi connectivity index (χ0) is 19.4. The van der Waals surface area contributed by atoms with Crippen molar-refractivity contribution in [1.29, 1.82) is 0 Å². The van der Waals surface area contributed by atoms with Gasteiger partial charge in [0.1, 0.15) is 12.4 Å². The summed E-state index contributed by atoms with van der Waals surface area (Å²) in [6.45, 7) is 2.17. The van der Waals surface area contributed by atoms with Gasteiger partial charge in [-0.3, -0.25) is 0 Å². The fourth-order valence-corrected chi connectivity index (χ4v) is 3.72. The maximum atomic E-state index is 13.1. The number of ether oxygens (including phenoxy) is 1. The smallest absolute Gasteiger partial charge is 0.416 e. The van der Waals surface area contributed by atoms with E-state index in [1.165, 1.54) is 6.07 Å². The van der Waals surface area contributed by atoms with Crippen molar-refractivity contribution in [2.45, 2.75) is 29.5 Å². The first-order valence-corrected chi connectivity index (χ1v) is 9.34. The number of halogens is 4. The summed E-state index contributed by atoms with van der Waals surface area (Å²) in [4.78, 5) is 1.04. The van der Waals surface area contributed by atoms with Gasteiger partial charge in [0.15, 0.2) is 0 Å². The monoisotopic (exact) mass is 408 g/mol. The molecule has 0 aromatic heterocycles. The second kappa shape index (κ2) is 8.28. The van der Waals surface area contributed by atoms with Crippen LogP contribution in [0, 0.1) is 6.92 Å². The van der Waals surface area contributed by atoms with Crippen molar-refractivity contribution >= 4 is 23.4 Å². The fourth-order valence-electron chi connectivity index (χ4n) is 2.43. The Labute approximate surface area is 165 Å². The molecule has 0 saturated heterocycles. The van der Waals surface area contributed by atoms with Crippen molar-refractivity contribution in [1.82, 2.24) is 0 Å². The summed E-state index contributed by atoms with van der Waals surface area (Å²) in [7, 11) is 0. The highest BCUT2D eigenvalue weighted by Crippen LogP contribution is 2.42. The largest absolute Gasteiger partial charge is 0.488 e. The van der Waals surface area contributed by atoms with Gasteiger partial charge in [0.05, 0.1) is 15.5 Å². The van der Waals surface area contributed by atoms with Gasteiger partial charge in [-0.1, -0.05) is 59.8 Å². The average Bonchev–Trinajstić information content (AvgIpc) is 2.63. The lowest BCUT2D eigenvalue weighted by Gasteiger charge is -2.15. The predicted octanol–water partition coefficient (Wildman–Crippen LogP) is 7.40. The molecular formula is C21H16ClF3OS. The summed E-state index contributed by atoms with van der Waals surface area (Å²) in [5.74, 6) is 0.383. The van der Waals surface area contributed by atoms with E-state index in [9.17, 15) is 13.2 Å². The predicted molar refractivity (Wildman–Crippen MR) is 103 cm³/mol. The molecule has 3 aromatic rings. The zero-order valence-corrected chi connectivity index (χ0v) is 16.0. The first-order chi connectivity index (χ1) is 12.8. The van der Waals surface area contributed by atoms with Gasteiger partial charge in [-0.25, -0.2) is 0 Å². The minimum Gasteiger partial charge on any atom is -0.488 e. The molecule has 0 amide bonds.